The van der Waals surface area contributed by atoms with Gasteiger partial charge in [0.25, 0.3) is 0 Å². The summed E-state index contributed by atoms with van der Waals surface area (Å²) in [6.07, 6.45) is 3.89. The predicted octanol–water partition coefficient (Wildman–Crippen LogP) is 3.06. The molecule has 1 atom stereocenters. The normalized spacial score (nSPS) is 20.4. The monoisotopic (exact) mass is 234 g/mol. The van der Waals surface area contributed by atoms with Crippen molar-refractivity contribution in [1.29, 1.82) is 0 Å². The molecule has 0 saturated carbocycles. The van der Waals surface area contributed by atoms with E-state index in [2.05, 4.69) is 43.6 Å². The predicted molar refractivity (Wildman–Crippen MR) is 73.5 cm³/mol. The van der Waals surface area contributed by atoms with Gasteiger partial charge in [0.2, 0.25) is 0 Å². The van der Waals surface area contributed by atoms with Crippen LogP contribution in [0.1, 0.15) is 43.6 Å². The van der Waals surface area contributed by atoms with Gasteiger partial charge in [0, 0.05) is 24.0 Å². The fraction of sp³-hybridized carbons (Fsp3) is 0.733. The van der Waals surface area contributed by atoms with Crippen molar-refractivity contribution in [3.8, 4) is 0 Å². The van der Waals surface area contributed by atoms with Crippen LogP contribution in [0.4, 0.5) is 0 Å². The van der Waals surface area contributed by atoms with Crippen LogP contribution in [0, 0.1) is 19.8 Å². The molecular formula is C15H26N2. The summed E-state index contributed by atoms with van der Waals surface area (Å²) in [6.45, 7) is 11.4. The van der Waals surface area contributed by atoms with Gasteiger partial charge in [-0.05, 0) is 57.2 Å². The highest BCUT2D eigenvalue weighted by atomic mass is 15.0. The van der Waals surface area contributed by atoms with E-state index in [1.807, 2.05) is 0 Å². The third kappa shape index (κ3) is 2.92. The molecule has 1 saturated heterocycles. The molecule has 1 aliphatic heterocycles. The van der Waals surface area contributed by atoms with Gasteiger partial charge in [0.1, 0.15) is 0 Å². The van der Waals surface area contributed by atoms with Crippen molar-refractivity contribution in [2.24, 2.45) is 5.92 Å². The van der Waals surface area contributed by atoms with Crippen LogP contribution in [-0.2, 0) is 13.0 Å². The van der Waals surface area contributed by atoms with Crippen molar-refractivity contribution in [3.63, 3.8) is 0 Å². The molecule has 1 aliphatic rings. The number of hydrogen-bond donors (Lipinski definition) is 1. The first kappa shape index (κ1) is 12.7. The lowest BCUT2D eigenvalue weighted by Crippen LogP contribution is -2.23. The Morgan fingerprint density at radius 2 is 2.18 bits per heavy atom. The van der Waals surface area contributed by atoms with Crippen LogP contribution in [0.15, 0.2) is 6.07 Å². The van der Waals surface area contributed by atoms with Gasteiger partial charge in [-0.3, -0.25) is 0 Å². The van der Waals surface area contributed by atoms with E-state index in [0.717, 1.165) is 12.5 Å². The zero-order valence-corrected chi connectivity index (χ0v) is 11.7. The van der Waals surface area contributed by atoms with Gasteiger partial charge < -0.3 is 9.88 Å². The topological polar surface area (TPSA) is 17.0 Å². The molecule has 1 N–H and O–H groups in total. The fourth-order valence-electron chi connectivity index (χ4n) is 2.92. The van der Waals surface area contributed by atoms with E-state index < -0.39 is 0 Å². The minimum Gasteiger partial charge on any atom is -0.349 e. The number of aryl methyl sites for hydroxylation is 1. The summed E-state index contributed by atoms with van der Waals surface area (Å²) in [5.41, 5.74) is 4.44. The third-order valence-electron chi connectivity index (χ3n) is 3.85. The summed E-state index contributed by atoms with van der Waals surface area (Å²) in [5.74, 6) is 0.720. The molecule has 0 aromatic carbocycles. The molecular weight excluding hydrogens is 208 g/mol. The summed E-state index contributed by atoms with van der Waals surface area (Å²) in [6, 6.07) is 3.10. The van der Waals surface area contributed by atoms with Crippen molar-refractivity contribution in [1.82, 2.24) is 9.88 Å². The highest BCUT2D eigenvalue weighted by molar-refractivity contribution is 5.27. The highest BCUT2D eigenvalue weighted by Gasteiger charge is 2.17. The van der Waals surface area contributed by atoms with Crippen molar-refractivity contribution < 1.29 is 0 Å². The van der Waals surface area contributed by atoms with E-state index in [9.17, 15) is 0 Å². The molecule has 0 aliphatic carbocycles. The number of rotatable bonds is 4. The zero-order chi connectivity index (χ0) is 12.4. The number of hydrogen-bond acceptors (Lipinski definition) is 1. The molecule has 0 bridgehead atoms. The average Bonchev–Trinajstić information content (AvgIpc) is 2.83. The molecule has 1 aromatic rings. The van der Waals surface area contributed by atoms with Crippen LogP contribution in [0.25, 0.3) is 0 Å². The first-order valence-corrected chi connectivity index (χ1v) is 6.97. The Balaban J connectivity index is 2.12. The second kappa shape index (κ2) is 5.26. The van der Waals surface area contributed by atoms with Crippen molar-refractivity contribution in [2.45, 2.75) is 59.5 Å². The fourth-order valence-corrected chi connectivity index (χ4v) is 2.92. The van der Waals surface area contributed by atoms with Crippen LogP contribution in [0.2, 0.25) is 0 Å². The van der Waals surface area contributed by atoms with Crippen molar-refractivity contribution in [3.05, 3.63) is 23.0 Å². The highest BCUT2D eigenvalue weighted by Crippen LogP contribution is 2.20. The van der Waals surface area contributed by atoms with Crippen molar-refractivity contribution in [2.75, 3.05) is 6.54 Å². The summed E-state index contributed by atoms with van der Waals surface area (Å²) in [7, 11) is 0. The molecule has 0 spiro atoms. The largest absolute Gasteiger partial charge is 0.349 e. The summed E-state index contributed by atoms with van der Waals surface area (Å²) >= 11 is 0. The Labute approximate surface area is 105 Å². The van der Waals surface area contributed by atoms with Gasteiger partial charge in [0.15, 0.2) is 0 Å². The lowest BCUT2D eigenvalue weighted by atomic mass is 10.1. The van der Waals surface area contributed by atoms with Gasteiger partial charge in [-0.25, -0.2) is 0 Å². The molecule has 1 aromatic heterocycles. The van der Waals surface area contributed by atoms with Crippen LogP contribution < -0.4 is 5.32 Å². The summed E-state index contributed by atoms with van der Waals surface area (Å²) in [5, 5.41) is 3.59. The number of aromatic nitrogens is 1. The molecule has 1 unspecified atom stereocenters. The molecule has 2 heterocycles. The maximum Gasteiger partial charge on any atom is 0.0247 e. The van der Waals surface area contributed by atoms with E-state index in [1.54, 1.807) is 5.56 Å². The van der Waals surface area contributed by atoms with E-state index in [1.165, 1.54) is 37.2 Å². The lowest BCUT2D eigenvalue weighted by molar-refractivity contribution is 0.507. The van der Waals surface area contributed by atoms with Gasteiger partial charge in [-0.15, -0.1) is 0 Å². The molecule has 17 heavy (non-hydrogen) atoms. The first-order valence-electron chi connectivity index (χ1n) is 6.97. The summed E-state index contributed by atoms with van der Waals surface area (Å²) in [4.78, 5) is 0. The first-order chi connectivity index (χ1) is 8.08. The van der Waals surface area contributed by atoms with Crippen LogP contribution >= 0.6 is 0 Å². The number of nitrogens with one attached hydrogen (secondary N) is 1. The van der Waals surface area contributed by atoms with E-state index in [-0.39, 0.29) is 0 Å². The molecule has 1 fully saturated rings. The smallest absolute Gasteiger partial charge is 0.0247 e. The Hall–Kier alpha value is -0.760. The van der Waals surface area contributed by atoms with Crippen LogP contribution in [0.3, 0.4) is 0 Å². The van der Waals surface area contributed by atoms with Crippen LogP contribution in [-0.4, -0.2) is 17.2 Å². The quantitative estimate of drug-likeness (QED) is 0.847. The van der Waals surface area contributed by atoms with E-state index in [0.29, 0.717) is 6.04 Å². The van der Waals surface area contributed by atoms with Gasteiger partial charge in [0.05, 0.1) is 0 Å². The Bertz CT molecular complexity index is 371. The Kier molecular flexibility index (Phi) is 3.93. The second-order valence-corrected chi connectivity index (χ2v) is 5.90. The minimum absolute atomic E-state index is 0.711. The molecule has 0 radical (unpaired) electrons. The Morgan fingerprint density at radius 1 is 1.41 bits per heavy atom. The van der Waals surface area contributed by atoms with Gasteiger partial charge in [-0.1, -0.05) is 13.8 Å². The van der Waals surface area contributed by atoms with Crippen molar-refractivity contribution >= 4 is 0 Å². The summed E-state index contributed by atoms with van der Waals surface area (Å²) < 4.78 is 2.48. The second-order valence-electron chi connectivity index (χ2n) is 5.90. The van der Waals surface area contributed by atoms with Crippen LogP contribution in [0.5, 0.6) is 0 Å². The maximum atomic E-state index is 3.59. The minimum atomic E-state index is 0.711. The van der Waals surface area contributed by atoms with E-state index >= 15 is 0 Å². The molecule has 0 amide bonds. The zero-order valence-electron chi connectivity index (χ0n) is 11.7. The third-order valence-corrected chi connectivity index (χ3v) is 3.85. The Morgan fingerprint density at radius 3 is 2.76 bits per heavy atom. The average molecular weight is 234 g/mol. The lowest BCUT2D eigenvalue weighted by Gasteiger charge is -2.13. The molecule has 2 nitrogen and oxygen atoms in total. The molecule has 2 rings (SSSR count). The number of nitrogens with zero attached hydrogens (tertiary/aromatic N) is 1. The van der Waals surface area contributed by atoms with Gasteiger partial charge in [-0.2, -0.15) is 0 Å². The molecule has 96 valence electrons. The van der Waals surface area contributed by atoms with Gasteiger partial charge >= 0.3 is 0 Å². The SMILES string of the molecule is Cc1cc(CC2CCCN2)c(C)n1CC(C)C. The standard InChI is InChI=1S/C15H26N2/c1-11(2)10-17-12(3)8-14(13(17)4)9-15-6-5-7-16-15/h8,11,15-16H,5-7,9-10H2,1-4H3. The van der Waals surface area contributed by atoms with E-state index in [4.69, 9.17) is 0 Å². The maximum absolute atomic E-state index is 3.59. The molecule has 2 heteroatoms.